The van der Waals surface area contributed by atoms with Crippen LogP contribution in [0, 0.1) is 13.8 Å². The molecule has 0 aromatic rings. The van der Waals surface area contributed by atoms with Crippen molar-refractivity contribution in [2.24, 2.45) is 0 Å². The van der Waals surface area contributed by atoms with Gasteiger partial charge in [-0.15, -0.1) is 0 Å². The zero-order valence-corrected chi connectivity index (χ0v) is 5.23. The van der Waals surface area contributed by atoms with Crippen molar-refractivity contribution in [1.29, 1.82) is 0 Å². The van der Waals surface area contributed by atoms with E-state index in [9.17, 15) is 0 Å². The minimum absolute atomic E-state index is 0. The van der Waals surface area contributed by atoms with Gasteiger partial charge in [-0.25, -0.2) is 0 Å². The fourth-order valence-electron chi connectivity index (χ4n) is 0. The van der Waals surface area contributed by atoms with E-state index in [2.05, 4.69) is 13.8 Å². The van der Waals surface area contributed by atoms with Gasteiger partial charge in [0, 0.05) is 0 Å². The van der Waals surface area contributed by atoms with Crippen molar-refractivity contribution in [2.45, 2.75) is 0 Å². The summed E-state index contributed by atoms with van der Waals surface area (Å²) in [6.45, 7) is 5.61. The summed E-state index contributed by atoms with van der Waals surface area (Å²) in [5.74, 6) is 0. The molecular weight excluding hydrogens is 131 g/mol. The SMILES string of the molecule is [CH2-]C=O.[CH2-]C=O.[V+2]. The van der Waals surface area contributed by atoms with Crippen LogP contribution in [0.15, 0.2) is 0 Å². The summed E-state index contributed by atoms with van der Waals surface area (Å²) in [6.07, 6.45) is 1.00. The van der Waals surface area contributed by atoms with Crippen LogP contribution in [-0.2, 0) is 28.1 Å². The number of hydrogen-bond donors (Lipinski definition) is 0. The largest absolute Gasteiger partial charge is 2.00 e. The third-order valence-electron chi connectivity index (χ3n) is 0. The molecular formula is C4H6O2V. The van der Waals surface area contributed by atoms with Crippen LogP contribution in [-0.4, -0.2) is 12.6 Å². The van der Waals surface area contributed by atoms with Crippen LogP contribution in [0.25, 0.3) is 0 Å². The maximum atomic E-state index is 8.69. The second-order valence-corrected chi connectivity index (χ2v) is 0.333. The van der Waals surface area contributed by atoms with Crippen LogP contribution in [0.4, 0.5) is 0 Å². The Morgan fingerprint density at radius 3 is 1.00 bits per heavy atom. The second kappa shape index (κ2) is 44.5. The molecule has 0 atom stereocenters. The molecule has 39 valence electrons. The van der Waals surface area contributed by atoms with E-state index < -0.39 is 0 Å². The fraction of sp³-hybridized carbons (Fsp3) is 0. The van der Waals surface area contributed by atoms with Gasteiger partial charge in [-0.3, -0.25) is 0 Å². The first kappa shape index (κ1) is 15.9. The number of carbonyl (C=O) groups is 2. The number of carbonyl (C=O) groups excluding carboxylic acids is 2. The molecule has 0 heterocycles. The molecule has 3 heteroatoms. The number of rotatable bonds is 0. The molecule has 0 saturated heterocycles. The molecule has 0 unspecified atom stereocenters. The van der Waals surface area contributed by atoms with Gasteiger partial charge < -0.3 is 23.4 Å². The van der Waals surface area contributed by atoms with Crippen molar-refractivity contribution in [2.75, 3.05) is 0 Å². The smallest absolute Gasteiger partial charge is 0.343 e. The monoisotopic (exact) mass is 137 g/mol. The average Bonchev–Trinajstić information content (AvgIpc) is 1.39. The topological polar surface area (TPSA) is 34.1 Å². The molecule has 0 saturated carbocycles. The second-order valence-electron chi connectivity index (χ2n) is 0.333. The van der Waals surface area contributed by atoms with Crippen LogP contribution in [0.3, 0.4) is 0 Å². The predicted molar refractivity (Wildman–Crippen MR) is 22.8 cm³/mol. The third-order valence-corrected chi connectivity index (χ3v) is 0. The van der Waals surface area contributed by atoms with E-state index in [4.69, 9.17) is 9.59 Å². The average molecular weight is 137 g/mol. The minimum Gasteiger partial charge on any atom is -0.343 e. The predicted octanol–water partition coefficient (Wildman–Crippen LogP) is 0.0363. The van der Waals surface area contributed by atoms with Crippen molar-refractivity contribution in [3.8, 4) is 0 Å². The molecule has 2 nitrogen and oxygen atoms in total. The fourth-order valence-corrected chi connectivity index (χ4v) is 0. The van der Waals surface area contributed by atoms with Gasteiger partial charge in [-0.1, -0.05) is 0 Å². The first-order valence-electron chi connectivity index (χ1n) is 1.29. The maximum absolute atomic E-state index is 8.69. The van der Waals surface area contributed by atoms with E-state index in [1.807, 2.05) is 0 Å². The molecule has 0 aliphatic heterocycles. The van der Waals surface area contributed by atoms with E-state index in [0.717, 1.165) is 0 Å². The van der Waals surface area contributed by atoms with Gasteiger partial charge in [0.05, 0.1) is 0 Å². The van der Waals surface area contributed by atoms with E-state index in [1.54, 1.807) is 0 Å². The van der Waals surface area contributed by atoms with Crippen molar-refractivity contribution in [1.82, 2.24) is 0 Å². The van der Waals surface area contributed by atoms with Crippen molar-refractivity contribution in [3.05, 3.63) is 13.8 Å². The molecule has 0 spiro atoms. The molecule has 7 heavy (non-hydrogen) atoms. The van der Waals surface area contributed by atoms with Crippen molar-refractivity contribution >= 4 is 12.6 Å². The van der Waals surface area contributed by atoms with Crippen LogP contribution >= 0.6 is 0 Å². The Hall–Kier alpha value is -0.336. The summed E-state index contributed by atoms with van der Waals surface area (Å²) in [4.78, 5) is 17.4. The van der Waals surface area contributed by atoms with Gasteiger partial charge in [0.15, 0.2) is 0 Å². The van der Waals surface area contributed by atoms with E-state index in [-0.39, 0.29) is 18.6 Å². The van der Waals surface area contributed by atoms with Gasteiger partial charge in [0.1, 0.15) is 0 Å². The van der Waals surface area contributed by atoms with Crippen LogP contribution in [0.5, 0.6) is 0 Å². The first-order valence-corrected chi connectivity index (χ1v) is 1.29. The van der Waals surface area contributed by atoms with Crippen LogP contribution in [0.1, 0.15) is 0 Å². The summed E-state index contributed by atoms with van der Waals surface area (Å²) < 4.78 is 0. The Kier molecular flexibility index (Phi) is 101. The quantitative estimate of drug-likeness (QED) is 0.349. The molecule has 1 radical (unpaired) electrons. The van der Waals surface area contributed by atoms with Crippen molar-refractivity contribution < 1.29 is 28.1 Å². The van der Waals surface area contributed by atoms with Crippen LogP contribution in [0.2, 0.25) is 0 Å². The van der Waals surface area contributed by atoms with Crippen molar-refractivity contribution in [3.63, 3.8) is 0 Å². The molecule has 0 N–H and O–H groups in total. The molecule has 0 amide bonds. The molecule has 0 fully saturated rings. The van der Waals surface area contributed by atoms with Crippen LogP contribution < -0.4 is 0 Å². The van der Waals surface area contributed by atoms with Gasteiger partial charge in [0.25, 0.3) is 0 Å². The molecule has 0 aromatic heterocycles. The molecule has 0 aliphatic carbocycles. The summed E-state index contributed by atoms with van der Waals surface area (Å²) in [7, 11) is 0. The van der Waals surface area contributed by atoms with E-state index in [0.29, 0.717) is 12.6 Å². The summed E-state index contributed by atoms with van der Waals surface area (Å²) in [6, 6.07) is 0. The molecule has 0 rings (SSSR count). The van der Waals surface area contributed by atoms with Gasteiger partial charge >= 0.3 is 18.6 Å². The summed E-state index contributed by atoms with van der Waals surface area (Å²) >= 11 is 0. The standard InChI is InChI=1S/2C2H3O.V/c2*1-2-3;/h2*2H,1H2;/q2*-1;+2. The zero-order valence-electron chi connectivity index (χ0n) is 3.83. The number of hydrogen-bond acceptors (Lipinski definition) is 2. The van der Waals surface area contributed by atoms with E-state index in [1.165, 1.54) is 0 Å². The molecule has 0 aromatic carbocycles. The van der Waals surface area contributed by atoms with E-state index >= 15 is 0 Å². The number of aldehydes is 2. The third kappa shape index (κ3) is 675. The molecule has 0 aliphatic rings. The van der Waals surface area contributed by atoms with Gasteiger partial charge in [-0.05, 0) is 12.6 Å². The van der Waals surface area contributed by atoms with Gasteiger partial charge in [0.2, 0.25) is 0 Å². The van der Waals surface area contributed by atoms with Gasteiger partial charge in [-0.2, -0.15) is 0 Å². The normalized spacial score (nSPS) is 3.43. The summed E-state index contributed by atoms with van der Waals surface area (Å²) in [5.41, 5.74) is 0. The molecule has 0 bridgehead atoms. The Morgan fingerprint density at radius 2 is 1.00 bits per heavy atom. The Balaban J connectivity index is -0.0000000400. The zero-order chi connectivity index (χ0) is 5.41. The Bertz CT molecular complexity index is 30.7. The Labute approximate surface area is 55.2 Å². The minimum atomic E-state index is 0. The maximum Gasteiger partial charge on any atom is 2.00 e. The Morgan fingerprint density at radius 1 is 1.00 bits per heavy atom. The first-order chi connectivity index (χ1) is 2.83. The summed E-state index contributed by atoms with van der Waals surface area (Å²) in [5, 5.41) is 0.